The molecule has 1 aliphatic rings. The Labute approximate surface area is 93.9 Å². The van der Waals surface area contributed by atoms with Crippen LogP contribution in [-0.4, -0.2) is 50.6 Å². The molecule has 6 heteroatoms. The van der Waals surface area contributed by atoms with Gasteiger partial charge in [0.15, 0.2) is 5.69 Å². The summed E-state index contributed by atoms with van der Waals surface area (Å²) in [6, 6.07) is 0. The van der Waals surface area contributed by atoms with Gasteiger partial charge in [-0.25, -0.2) is 4.79 Å². The Bertz CT molecular complexity index is 377. The van der Waals surface area contributed by atoms with Gasteiger partial charge in [-0.05, 0) is 25.4 Å². The number of hydrogen-bond donors (Lipinski definition) is 1. The molecule has 1 unspecified atom stereocenters. The van der Waals surface area contributed by atoms with Gasteiger partial charge < -0.3 is 10.0 Å². The fourth-order valence-electron chi connectivity index (χ4n) is 2.10. The summed E-state index contributed by atoms with van der Waals surface area (Å²) >= 11 is 0. The Morgan fingerprint density at radius 2 is 2.50 bits per heavy atom. The molecule has 1 fully saturated rings. The minimum absolute atomic E-state index is 0.0188. The second kappa shape index (κ2) is 4.61. The van der Waals surface area contributed by atoms with Crippen molar-refractivity contribution < 1.29 is 9.90 Å². The van der Waals surface area contributed by atoms with Crippen molar-refractivity contribution >= 4 is 5.97 Å². The molecule has 0 bridgehead atoms. The van der Waals surface area contributed by atoms with E-state index in [0.29, 0.717) is 5.92 Å². The molecule has 0 saturated carbocycles. The van der Waals surface area contributed by atoms with Crippen molar-refractivity contribution in [2.45, 2.75) is 19.9 Å². The third-order valence-corrected chi connectivity index (χ3v) is 3.02. The number of carboxylic acids is 1. The summed E-state index contributed by atoms with van der Waals surface area (Å²) < 4.78 is 1.63. The van der Waals surface area contributed by atoms with Crippen LogP contribution in [0.1, 0.15) is 23.8 Å². The van der Waals surface area contributed by atoms with Gasteiger partial charge in [-0.1, -0.05) is 12.1 Å². The maximum Gasteiger partial charge on any atom is 0.358 e. The molecule has 0 aromatic carbocycles. The Balaban J connectivity index is 1.92. The van der Waals surface area contributed by atoms with Crippen LogP contribution in [0.25, 0.3) is 0 Å². The molecule has 16 heavy (non-hydrogen) atoms. The van der Waals surface area contributed by atoms with Crippen molar-refractivity contribution in [1.29, 1.82) is 0 Å². The molecule has 1 atom stereocenters. The lowest BCUT2D eigenvalue weighted by atomic mass is 10.1. The van der Waals surface area contributed by atoms with E-state index in [-0.39, 0.29) is 5.69 Å². The molecule has 0 spiro atoms. The number of aromatic nitrogens is 3. The Hall–Kier alpha value is -1.43. The summed E-state index contributed by atoms with van der Waals surface area (Å²) in [4.78, 5) is 13.0. The van der Waals surface area contributed by atoms with Crippen molar-refractivity contribution in [3.05, 3.63) is 11.9 Å². The molecule has 2 rings (SSSR count). The van der Waals surface area contributed by atoms with E-state index in [4.69, 9.17) is 5.11 Å². The summed E-state index contributed by atoms with van der Waals surface area (Å²) in [5, 5.41) is 16.1. The van der Waals surface area contributed by atoms with E-state index in [1.807, 2.05) is 0 Å². The van der Waals surface area contributed by atoms with Crippen molar-refractivity contribution in [2.75, 3.05) is 19.6 Å². The van der Waals surface area contributed by atoms with Crippen molar-refractivity contribution in [3.63, 3.8) is 0 Å². The van der Waals surface area contributed by atoms with Crippen molar-refractivity contribution in [1.82, 2.24) is 19.9 Å². The standard InChI is InChI=1S/C10H16N4O2/c1-2-13-4-3-8(5-13)6-14-7-9(10(15)16)11-12-14/h7-8H,2-6H2,1H3,(H,15,16). The molecule has 1 aromatic heterocycles. The first-order valence-corrected chi connectivity index (χ1v) is 5.54. The zero-order valence-corrected chi connectivity index (χ0v) is 9.33. The van der Waals surface area contributed by atoms with E-state index in [2.05, 4.69) is 22.1 Å². The van der Waals surface area contributed by atoms with Gasteiger partial charge in [-0.2, -0.15) is 0 Å². The lowest BCUT2D eigenvalue weighted by molar-refractivity contribution is 0.0690. The Morgan fingerprint density at radius 1 is 1.69 bits per heavy atom. The first-order chi connectivity index (χ1) is 7.69. The van der Waals surface area contributed by atoms with Gasteiger partial charge in [-0.15, -0.1) is 5.10 Å². The largest absolute Gasteiger partial charge is 0.476 e. The summed E-state index contributed by atoms with van der Waals surface area (Å²) in [6.07, 6.45) is 2.65. The van der Waals surface area contributed by atoms with Crippen LogP contribution in [0, 0.1) is 5.92 Å². The zero-order valence-electron chi connectivity index (χ0n) is 9.33. The van der Waals surface area contributed by atoms with E-state index in [1.54, 1.807) is 4.68 Å². The average molecular weight is 224 g/mol. The topological polar surface area (TPSA) is 71.2 Å². The van der Waals surface area contributed by atoms with Gasteiger partial charge in [0.05, 0.1) is 6.20 Å². The van der Waals surface area contributed by atoms with Crippen LogP contribution >= 0.6 is 0 Å². The average Bonchev–Trinajstić information content (AvgIpc) is 2.87. The predicted molar refractivity (Wildman–Crippen MR) is 57.2 cm³/mol. The quantitative estimate of drug-likeness (QED) is 0.797. The monoisotopic (exact) mass is 224 g/mol. The highest BCUT2D eigenvalue weighted by atomic mass is 16.4. The molecule has 1 aliphatic heterocycles. The fraction of sp³-hybridized carbons (Fsp3) is 0.700. The van der Waals surface area contributed by atoms with E-state index in [0.717, 1.165) is 32.6 Å². The van der Waals surface area contributed by atoms with Crippen LogP contribution < -0.4 is 0 Å². The molecule has 0 aliphatic carbocycles. The van der Waals surface area contributed by atoms with Crippen LogP contribution in [0.5, 0.6) is 0 Å². The van der Waals surface area contributed by atoms with E-state index in [1.165, 1.54) is 6.20 Å². The number of rotatable bonds is 4. The first-order valence-electron chi connectivity index (χ1n) is 5.54. The highest BCUT2D eigenvalue weighted by Gasteiger charge is 2.22. The summed E-state index contributed by atoms with van der Waals surface area (Å²) in [6.45, 7) is 6.19. The second-order valence-corrected chi connectivity index (χ2v) is 4.18. The lowest BCUT2D eigenvalue weighted by Crippen LogP contribution is -2.21. The first kappa shape index (κ1) is 11.1. The number of hydrogen-bond acceptors (Lipinski definition) is 4. The van der Waals surface area contributed by atoms with Crippen LogP contribution in [0.2, 0.25) is 0 Å². The summed E-state index contributed by atoms with van der Waals surface area (Å²) in [5.74, 6) is -0.462. The van der Waals surface area contributed by atoms with Crippen LogP contribution in [-0.2, 0) is 6.54 Å². The molecule has 1 N–H and O–H groups in total. The zero-order chi connectivity index (χ0) is 11.5. The van der Waals surface area contributed by atoms with Gasteiger partial charge in [0.1, 0.15) is 0 Å². The number of nitrogens with zero attached hydrogens (tertiary/aromatic N) is 4. The summed E-state index contributed by atoms with van der Waals surface area (Å²) in [5.41, 5.74) is 0.0188. The highest BCUT2D eigenvalue weighted by molar-refractivity contribution is 5.84. The number of likely N-dealkylation sites (tertiary alicyclic amines) is 1. The van der Waals surface area contributed by atoms with Gasteiger partial charge in [0, 0.05) is 13.1 Å². The third-order valence-electron chi connectivity index (χ3n) is 3.02. The smallest absolute Gasteiger partial charge is 0.358 e. The SMILES string of the molecule is CCN1CCC(Cn2cc(C(=O)O)nn2)C1. The van der Waals surface area contributed by atoms with Gasteiger partial charge in [0.25, 0.3) is 0 Å². The highest BCUT2D eigenvalue weighted by Crippen LogP contribution is 2.17. The maximum atomic E-state index is 10.6. The van der Waals surface area contributed by atoms with Crippen LogP contribution in [0.4, 0.5) is 0 Å². The number of carbonyl (C=O) groups is 1. The molecule has 1 saturated heterocycles. The van der Waals surface area contributed by atoms with E-state index in [9.17, 15) is 4.79 Å². The van der Waals surface area contributed by atoms with E-state index < -0.39 is 5.97 Å². The van der Waals surface area contributed by atoms with Crippen molar-refractivity contribution in [3.8, 4) is 0 Å². The molecule has 2 heterocycles. The summed E-state index contributed by atoms with van der Waals surface area (Å²) in [7, 11) is 0. The van der Waals surface area contributed by atoms with Gasteiger partial charge in [-0.3, -0.25) is 4.68 Å². The maximum absolute atomic E-state index is 10.6. The number of carboxylic acid groups (broad SMARTS) is 1. The molecular formula is C10H16N4O2. The minimum atomic E-state index is -1.02. The Kier molecular flexibility index (Phi) is 3.19. The third kappa shape index (κ3) is 2.38. The Morgan fingerprint density at radius 3 is 3.06 bits per heavy atom. The molecule has 6 nitrogen and oxygen atoms in total. The lowest BCUT2D eigenvalue weighted by Gasteiger charge is -2.12. The van der Waals surface area contributed by atoms with Crippen LogP contribution in [0.3, 0.4) is 0 Å². The predicted octanol–water partition coefficient (Wildman–Crippen LogP) is 0.318. The van der Waals surface area contributed by atoms with Crippen LogP contribution in [0.15, 0.2) is 6.20 Å². The van der Waals surface area contributed by atoms with Gasteiger partial charge in [0.2, 0.25) is 0 Å². The number of aromatic carboxylic acids is 1. The fourth-order valence-corrected chi connectivity index (χ4v) is 2.10. The normalized spacial score (nSPS) is 21.4. The van der Waals surface area contributed by atoms with E-state index >= 15 is 0 Å². The minimum Gasteiger partial charge on any atom is -0.476 e. The molecule has 0 amide bonds. The molecule has 1 aromatic rings. The molecule has 0 radical (unpaired) electrons. The molecule has 88 valence electrons. The van der Waals surface area contributed by atoms with Crippen molar-refractivity contribution in [2.24, 2.45) is 5.92 Å². The second-order valence-electron chi connectivity index (χ2n) is 4.18. The van der Waals surface area contributed by atoms with Gasteiger partial charge >= 0.3 is 5.97 Å². The molecular weight excluding hydrogens is 208 g/mol.